The summed E-state index contributed by atoms with van der Waals surface area (Å²) in [6.07, 6.45) is 2.10. The van der Waals surface area contributed by atoms with Crippen LogP contribution in [0.4, 0.5) is 4.39 Å². The summed E-state index contributed by atoms with van der Waals surface area (Å²) in [6, 6.07) is 4.07. The fraction of sp³-hybridized carbons (Fsp3) is 0.500. The number of nitrogens with one attached hydrogen (secondary N) is 1. The Morgan fingerprint density at radius 3 is 2.68 bits per heavy atom. The van der Waals surface area contributed by atoms with Gasteiger partial charge in [0.15, 0.2) is 0 Å². The monoisotopic (exact) mass is 393 g/mol. The predicted octanol–water partition coefficient (Wildman–Crippen LogP) is 4.52. The molecule has 1 rings (SSSR count). The standard InChI is InChI=1S/C14H18Br2FNO/c1-14(2,6-3-7-15)9-18-13(19)11-5-4-10(17)8-12(11)16/h4-5,8H,3,6-7,9H2,1-2H3,(H,18,19). The first kappa shape index (κ1) is 16.6. The molecule has 2 nitrogen and oxygen atoms in total. The van der Waals surface area contributed by atoms with E-state index in [1.54, 1.807) is 0 Å². The highest BCUT2D eigenvalue weighted by Crippen LogP contribution is 2.22. The van der Waals surface area contributed by atoms with Crippen molar-refractivity contribution >= 4 is 37.8 Å². The van der Waals surface area contributed by atoms with E-state index >= 15 is 0 Å². The van der Waals surface area contributed by atoms with Gasteiger partial charge >= 0.3 is 0 Å². The molecule has 0 bridgehead atoms. The van der Waals surface area contributed by atoms with Crippen molar-refractivity contribution in [1.29, 1.82) is 0 Å². The van der Waals surface area contributed by atoms with Crippen molar-refractivity contribution in [3.05, 3.63) is 34.1 Å². The third kappa shape index (κ3) is 5.61. The van der Waals surface area contributed by atoms with Crippen LogP contribution < -0.4 is 5.32 Å². The van der Waals surface area contributed by atoms with Crippen molar-refractivity contribution in [1.82, 2.24) is 5.32 Å². The van der Waals surface area contributed by atoms with Gasteiger partial charge in [-0.25, -0.2) is 4.39 Å². The Bertz CT molecular complexity index is 449. The molecule has 0 fully saturated rings. The van der Waals surface area contributed by atoms with Crippen LogP contribution in [-0.4, -0.2) is 17.8 Å². The van der Waals surface area contributed by atoms with E-state index in [-0.39, 0.29) is 17.1 Å². The average Bonchev–Trinajstić information content (AvgIpc) is 2.34. The molecule has 5 heteroatoms. The third-order valence-corrected chi connectivity index (χ3v) is 4.11. The number of carbonyl (C=O) groups is 1. The van der Waals surface area contributed by atoms with Crippen LogP contribution in [0.2, 0.25) is 0 Å². The highest BCUT2D eigenvalue weighted by Gasteiger charge is 2.19. The van der Waals surface area contributed by atoms with Gasteiger partial charge in [0.25, 0.3) is 5.91 Å². The van der Waals surface area contributed by atoms with E-state index in [1.807, 2.05) is 0 Å². The van der Waals surface area contributed by atoms with Gasteiger partial charge in [-0.1, -0.05) is 29.8 Å². The second-order valence-corrected chi connectivity index (χ2v) is 6.91. The first-order valence-corrected chi connectivity index (χ1v) is 8.06. The normalized spacial score (nSPS) is 11.4. The number of halogens is 3. The van der Waals surface area contributed by atoms with E-state index in [4.69, 9.17) is 0 Å². The van der Waals surface area contributed by atoms with Gasteiger partial charge in [0, 0.05) is 16.3 Å². The maximum absolute atomic E-state index is 13.0. The Labute approximate surface area is 130 Å². The van der Waals surface area contributed by atoms with Crippen molar-refractivity contribution in [3.63, 3.8) is 0 Å². The minimum absolute atomic E-state index is 0.0515. The molecule has 1 aromatic rings. The van der Waals surface area contributed by atoms with Crippen LogP contribution in [0.3, 0.4) is 0 Å². The molecule has 0 unspecified atom stereocenters. The fourth-order valence-electron chi connectivity index (χ4n) is 1.72. The van der Waals surface area contributed by atoms with Crippen LogP contribution in [0, 0.1) is 11.2 Å². The van der Waals surface area contributed by atoms with Gasteiger partial charge in [-0.15, -0.1) is 0 Å². The van der Waals surface area contributed by atoms with Crippen molar-refractivity contribution < 1.29 is 9.18 Å². The number of carbonyl (C=O) groups excluding carboxylic acids is 1. The fourth-order valence-corrected chi connectivity index (χ4v) is 2.53. The van der Waals surface area contributed by atoms with Gasteiger partial charge in [-0.05, 0) is 52.4 Å². The maximum atomic E-state index is 13.0. The molecule has 0 aromatic heterocycles. The van der Waals surface area contributed by atoms with Gasteiger partial charge in [0.1, 0.15) is 5.82 Å². The van der Waals surface area contributed by atoms with Crippen LogP contribution >= 0.6 is 31.9 Å². The summed E-state index contributed by atoms with van der Waals surface area (Å²) < 4.78 is 13.4. The van der Waals surface area contributed by atoms with Crippen LogP contribution in [-0.2, 0) is 0 Å². The molecule has 1 N–H and O–H groups in total. The lowest BCUT2D eigenvalue weighted by atomic mass is 9.88. The van der Waals surface area contributed by atoms with Gasteiger partial charge in [-0.2, -0.15) is 0 Å². The van der Waals surface area contributed by atoms with Crippen molar-refractivity contribution in [2.24, 2.45) is 5.41 Å². The lowest BCUT2D eigenvalue weighted by Gasteiger charge is -2.24. The van der Waals surface area contributed by atoms with Crippen molar-refractivity contribution in [2.45, 2.75) is 26.7 Å². The summed E-state index contributed by atoms with van der Waals surface area (Å²) in [7, 11) is 0. The SMILES string of the molecule is CC(C)(CCCBr)CNC(=O)c1ccc(F)cc1Br. The molecule has 19 heavy (non-hydrogen) atoms. The van der Waals surface area contributed by atoms with E-state index in [1.165, 1.54) is 18.2 Å². The second kappa shape index (κ2) is 7.39. The second-order valence-electron chi connectivity index (χ2n) is 5.26. The van der Waals surface area contributed by atoms with Gasteiger partial charge in [0.05, 0.1) is 5.56 Å². The molecule has 0 atom stereocenters. The van der Waals surface area contributed by atoms with Crippen molar-refractivity contribution in [3.8, 4) is 0 Å². The van der Waals surface area contributed by atoms with E-state index in [0.29, 0.717) is 16.6 Å². The summed E-state index contributed by atoms with van der Waals surface area (Å²) in [6.45, 7) is 4.84. The molecule has 106 valence electrons. The Kier molecular flexibility index (Phi) is 6.47. The number of benzene rings is 1. The third-order valence-electron chi connectivity index (χ3n) is 2.89. The molecular weight excluding hydrogens is 377 g/mol. The Morgan fingerprint density at radius 2 is 2.11 bits per heavy atom. The van der Waals surface area contributed by atoms with Crippen LogP contribution in [0.25, 0.3) is 0 Å². The molecule has 0 radical (unpaired) electrons. The van der Waals surface area contributed by atoms with Crippen LogP contribution in [0.1, 0.15) is 37.0 Å². The average molecular weight is 395 g/mol. The largest absolute Gasteiger partial charge is 0.351 e. The Morgan fingerprint density at radius 1 is 1.42 bits per heavy atom. The van der Waals surface area contributed by atoms with Crippen molar-refractivity contribution in [2.75, 3.05) is 11.9 Å². The van der Waals surface area contributed by atoms with Crippen LogP contribution in [0.15, 0.2) is 22.7 Å². The summed E-state index contributed by atoms with van der Waals surface area (Å²) >= 11 is 6.61. The van der Waals surface area contributed by atoms with Gasteiger partial charge < -0.3 is 5.32 Å². The number of rotatable bonds is 6. The summed E-state index contributed by atoms with van der Waals surface area (Å²) in [5, 5.41) is 3.87. The van der Waals surface area contributed by atoms with E-state index < -0.39 is 0 Å². The highest BCUT2D eigenvalue weighted by molar-refractivity contribution is 9.10. The number of alkyl halides is 1. The van der Waals surface area contributed by atoms with E-state index in [0.717, 1.165) is 18.2 Å². The van der Waals surface area contributed by atoms with Gasteiger partial charge in [-0.3, -0.25) is 4.79 Å². The maximum Gasteiger partial charge on any atom is 0.252 e. The van der Waals surface area contributed by atoms with E-state index in [2.05, 4.69) is 51.0 Å². The Balaban J connectivity index is 2.60. The molecule has 1 aromatic carbocycles. The molecule has 0 saturated carbocycles. The smallest absolute Gasteiger partial charge is 0.252 e. The minimum Gasteiger partial charge on any atom is -0.351 e. The first-order valence-electron chi connectivity index (χ1n) is 6.15. The minimum atomic E-state index is -0.360. The number of amides is 1. The van der Waals surface area contributed by atoms with Crippen LogP contribution in [0.5, 0.6) is 0 Å². The Hall–Kier alpha value is -0.420. The number of hydrogen-bond donors (Lipinski definition) is 1. The molecule has 1 amide bonds. The summed E-state index contributed by atoms with van der Waals surface area (Å²) in [5.74, 6) is -0.542. The summed E-state index contributed by atoms with van der Waals surface area (Å²) in [5.41, 5.74) is 0.508. The molecule has 0 aliphatic rings. The molecule has 0 heterocycles. The lowest BCUT2D eigenvalue weighted by molar-refractivity contribution is 0.0933. The van der Waals surface area contributed by atoms with Gasteiger partial charge in [0.2, 0.25) is 0 Å². The quantitative estimate of drug-likeness (QED) is 0.706. The van der Waals surface area contributed by atoms with E-state index in [9.17, 15) is 9.18 Å². The predicted molar refractivity (Wildman–Crippen MR) is 83.2 cm³/mol. The zero-order chi connectivity index (χ0) is 14.5. The number of hydrogen-bond acceptors (Lipinski definition) is 1. The molecule has 0 spiro atoms. The molecule has 0 aliphatic carbocycles. The molecule has 0 saturated heterocycles. The molecule has 0 aliphatic heterocycles. The summed E-state index contributed by atoms with van der Waals surface area (Å²) in [4.78, 5) is 12.0. The first-order chi connectivity index (χ1) is 8.85. The lowest BCUT2D eigenvalue weighted by Crippen LogP contribution is -2.34. The topological polar surface area (TPSA) is 29.1 Å². The highest BCUT2D eigenvalue weighted by atomic mass is 79.9. The zero-order valence-corrected chi connectivity index (χ0v) is 14.3. The molecular formula is C14H18Br2FNO. The zero-order valence-electron chi connectivity index (χ0n) is 11.1.